The van der Waals surface area contributed by atoms with Crippen LogP contribution in [0.2, 0.25) is 0 Å². The van der Waals surface area contributed by atoms with E-state index in [2.05, 4.69) is 59.1 Å². The van der Waals surface area contributed by atoms with Crippen molar-refractivity contribution in [2.24, 2.45) is 0 Å². The molecule has 2 aliphatic heterocycles. The summed E-state index contributed by atoms with van der Waals surface area (Å²) in [5.74, 6) is 0.985. The minimum atomic E-state index is 0.662. The molecule has 26 heavy (non-hydrogen) atoms. The quantitative estimate of drug-likeness (QED) is 0.783. The molecule has 4 rings (SSSR count). The normalized spacial score (nSPS) is 23.9. The van der Waals surface area contributed by atoms with Gasteiger partial charge in [-0.25, -0.2) is 9.97 Å². The lowest BCUT2D eigenvalue weighted by molar-refractivity contribution is 0.116. The van der Waals surface area contributed by atoms with Crippen molar-refractivity contribution in [3.05, 3.63) is 53.7 Å². The average Bonchev–Trinajstić information content (AvgIpc) is 3.20. The highest BCUT2D eigenvalue weighted by atomic mass is 32.1. The van der Waals surface area contributed by atoms with Crippen LogP contribution in [0, 0.1) is 0 Å². The maximum Gasteiger partial charge on any atom is 0.141 e. The number of rotatable bonds is 4. The van der Waals surface area contributed by atoms with Crippen LogP contribution in [0.15, 0.2) is 53.7 Å². The standard InChI is InChI=1S/C21H26N4S/c1-16-6-3-7-17(2)25(16)15-18-8-5-12-24(14-18)20-10-4-9-19(23-20)21-22-11-13-26-21/h4-5,8-11,13-14,16-17H,3,6-7,12,15H2,1-2H3. The van der Waals surface area contributed by atoms with E-state index in [9.17, 15) is 0 Å². The smallest absolute Gasteiger partial charge is 0.141 e. The largest absolute Gasteiger partial charge is 0.329 e. The summed E-state index contributed by atoms with van der Waals surface area (Å²) in [6.07, 6.45) is 12.6. The fraction of sp³-hybridized carbons (Fsp3) is 0.429. The van der Waals surface area contributed by atoms with Gasteiger partial charge in [-0.05, 0) is 44.4 Å². The Morgan fingerprint density at radius 3 is 2.81 bits per heavy atom. The predicted molar refractivity (Wildman–Crippen MR) is 109 cm³/mol. The molecule has 0 aliphatic carbocycles. The molecule has 2 atom stereocenters. The number of aromatic nitrogens is 2. The number of hydrogen-bond donors (Lipinski definition) is 0. The van der Waals surface area contributed by atoms with E-state index < -0.39 is 0 Å². The first-order valence-corrected chi connectivity index (χ1v) is 10.4. The highest BCUT2D eigenvalue weighted by Gasteiger charge is 2.25. The van der Waals surface area contributed by atoms with Crippen molar-refractivity contribution in [3.63, 3.8) is 0 Å². The molecule has 0 radical (unpaired) electrons. The van der Waals surface area contributed by atoms with Gasteiger partial charge in [0, 0.05) is 43.0 Å². The van der Waals surface area contributed by atoms with Gasteiger partial charge in [-0.15, -0.1) is 11.3 Å². The lowest BCUT2D eigenvalue weighted by Crippen LogP contribution is -2.44. The number of hydrogen-bond acceptors (Lipinski definition) is 5. The Hall–Kier alpha value is -1.98. The Morgan fingerprint density at radius 2 is 2.04 bits per heavy atom. The van der Waals surface area contributed by atoms with Crippen molar-refractivity contribution >= 4 is 17.2 Å². The molecule has 0 spiro atoms. The minimum Gasteiger partial charge on any atom is -0.329 e. The van der Waals surface area contributed by atoms with Crippen LogP contribution >= 0.6 is 11.3 Å². The van der Waals surface area contributed by atoms with E-state index in [1.54, 1.807) is 11.3 Å². The molecule has 4 nitrogen and oxygen atoms in total. The van der Waals surface area contributed by atoms with Crippen LogP contribution in [-0.4, -0.2) is 40.0 Å². The Bertz CT molecular complexity index is 786. The molecule has 1 fully saturated rings. The van der Waals surface area contributed by atoms with Crippen molar-refractivity contribution in [2.75, 3.05) is 18.0 Å². The maximum atomic E-state index is 4.83. The second-order valence-corrected chi connectivity index (χ2v) is 8.17. The summed E-state index contributed by atoms with van der Waals surface area (Å²) < 4.78 is 0. The van der Waals surface area contributed by atoms with Crippen LogP contribution in [0.5, 0.6) is 0 Å². The zero-order valence-electron chi connectivity index (χ0n) is 15.5. The molecule has 0 bridgehead atoms. The number of likely N-dealkylation sites (tertiary alicyclic amines) is 1. The van der Waals surface area contributed by atoms with Gasteiger partial charge in [0.25, 0.3) is 0 Å². The van der Waals surface area contributed by atoms with E-state index in [1.807, 2.05) is 17.6 Å². The van der Waals surface area contributed by atoms with E-state index in [-0.39, 0.29) is 0 Å². The first-order valence-electron chi connectivity index (χ1n) is 9.47. The Kier molecular flexibility index (Phi) is 5.18. The Morgan fingerprint density at radius 1 is 1.19 bits per heavy atom. The van der Waals surface area contributed by atoms with E-state index >= 15 is 0 Å². The molecule has 4 heterocycles. The van der Waals surface area contributed by atoms with Crippen molar-refractivity contribution in [1.29, 1.82) is 0 Å². The van der Waals surface area contributed by atoms with Crippen molar-refractivity contribution in [3.8, 4) is 10.7 Å². The number of thiazole rings is 1. The lowest BCUT2D eigenvalue weighted by atomic mass is 9.96. The van der Waals surface area contributed by atoms with Crippen molar-refractivity contribution in [2.45, 2.75) is 45.2 Å². The number of nitrogens with zero attached hydrogens (tertiary/aromatic N) is 4. The van der Waals surface area contributed by atoms with Crippen LogP contribution in [0.1, 0.15) is 33.1 Å². The molecule has 5 heteroatoms. The van der Waals surface area contributed by atoms with Crippen LogP contribution in [0.4, 0.5) is 5.82 Å². The zero-order chi connectivity index (χ0) is 17.9. The first-order chi connectivity index (χ1) is 12.7. The van der Waals surface area contributed by atoms with Gasteiger partial charge in [0.15, 0.2) is 0 Å². The van der Waals surface area contributed by atoms with Crippen LogP contribution < -0.4 is 4.90 Å². The summed E-state index contributed by atoms with van der Waals surface area (Å²) in [4.78, 5) is 14.1. The van der Waals surface area contributed by atoms with Gasteiger partial charge in [0.05, 0.1) is 0 Å². The number of pyridine rings is 1. The Balaban J connectivity index is 1.53. The van der Waals surface area contributed by atoms with Crippen molar-refractivity contribution < 1.29 is 0 Å². The van der Waals surface area contributed by atoms with Gasteiger partial charge < -0.3 is 4.90 Å². The molecule has 0 aromatic carbocycles. The number of piperidine rings is 1. The molecule has 0 saturated carbocycles. The summed E-state index contributed by atoms with van der Waals surface area (Å²) in [5, 5.41) is 2.96. The second-order valence-electron chi connectivity index (χ2n) is 7.28. The van der Waals surface area contributed by atoms with Crippen LogP contribution in [0.25, 0.3) is 10.7 Å². The molecule has 2 aliphatic rings. The molecule has 1 saturated heterocycles. The predicted octanol–water partition coefficient (Wildman–Crippen LogP) is 4.73. The first kappa shape index (κ1) is 17.4. The monoisotopic (exact) mass is 366 g/mol. The SMILES string of the molecule is CC1CCCC(C)N1CC1=CN(c2cccc(-c3nccs3)n2)CC=C1. The van der Waals surface area contributed by atoms with Gasteiger partial charge >= 0.3 is 0 Å². The highest BCUT2D eigenvalue weighted by Crippen LogP contribution is 2.26. The van der Waals surface area contributed by atoms with Gasteiger partial charge in [-0.3, -0.25) is 4.90 Å². The summed E-state index contributed by atoms with van der Waals surface area (Å²) >= 11 is 1.63. The van der Waals surface area contributed by atoms with Gasteiger partial charge in [-0.2, -0.15) is 0 Å². The maximum absolute atomic E-state index is 4.83. The topological polar surface area (TPSA) is 32.3 Å². The molecule has 2 aromatic rings. The summed E-state index contributed by atoms with van der Waals surface area (Å²) in [5.41, 5.74) is 2.30. The van der Waals surface area contributed by atoms with Gasteiger partial charge in [-0.1, -0.05) is 24.6 Å². The molecule has 2 unspecified atom stereocenters. The molecule has 2 aromatic heterocycles. The number of anilines is 1. The third-order valence-corrected chi connectivity index (χ3v) is 6.17. The second kappa shape index (κ2) is 7.72. The van der Waals surface area contributed by atoms with E-state index in [1.165, 1.54) is 24.8 Å². The molecule has 0 amide bonds. The summed E-state index contributed by atoms with van der Waals surface area (Å²) in [6, 6.07) is 7.50. The average molecular weight is 367 g/mol. The van der Waals surface area contributed by atoms with Gasteiger partial charge in [0.1, 0.15) is 16.5 Å². The lowest BCUT2D eigenvalue weighted by Gasteiger charge is -2.39. The van der Waals surface area contributed by atoms with E-state index in [0.717, 1.165) is 29.6 Å². The molecular formula is C21H26N4S. The molecular weight excluding hydrogens is 340 g/mol. The van der Waals surface area contributed by atoms with Gasteiger partial charge in [0.2, 0.25) is 0 Å². The summed E-state index contributed by atoms with van der Waals surface area (Å²) in [6.45, 7) is 6.60. The third kappa shape index (κ3) is 3.74. The highest BCUT2D eigenvalue weighted by molar-refractivity contribution is 7.13. The Labute approximate surface area is 159 Å². The third-order valence-electron chi connectivity index (χ3n) is 5.38. The van der Waals surface area contributed by atoms with E-state index in [4.69, 9.17) is 4.98 Å². The van der Waals surface area contributed by atoms with Crippen LogP contribution in [-0.2, 0) is 0 Å². The summed E-state index contributed by atoms with van der Waals surface area (Å²) in [7, 11) is 0. The zero-order valence-corrected chi connectivity index (χ0v) is 16.3. The van der Waals surface area contributed by atoms with E-state index in [0.29, 0.717) is 12.1 Å². The minimum absolute atomic E-state index is 0.662. The molecule has 0 N–H and O–H groups in total. The fourth-order valence-corrected chi connectivity index (χ4v) is 4.52. The molecule has 136 valence electrons. The fourth-order valence-electron chi connectivity index (χ4n) is 3.92. The van der Waals surface area contributed by atoms with Crippen LogP contribution in [0.3, 0.4) is 0 Å². The van der Waals surface area contributed by atoms with Crippen molar-refractivity contribution in [1.82, 2.24) is 14.9 Å².